The minimum absolute atomic E-state index is 0.0120. The van der Waals surface area contributed by atoms with Gasteiger partial charge in [-0.1, -0.05) is 6.92 Å². The number of hydrogen-bond acceptors (Lipinski definition) is 4. The summed E-state index contributed by atoms with van der Waals surface area (Å²) in [7, 11) is 1.58. The van der Waals surface area contributed by atoms with Crippen LogP contribution in [0.25, 0.3) is 0 Å². The monoisotopic (exact) mass is 347 g/mol. The fraction of sp³-hybridized carbons (Fsp3) is 0.600. The lowest BCUT2D eigenvalue weighted by Crippen LogP contribution is -2.33. The molecular weight excluding hydrogens is 318 g/mol. The third-order valence-corrected chi connectivity index (χ3v) is 4.61. The molecular formula is C20H29NO4. The highest BCUT2D eigenvalue weighted by Crippen LogP contribution is 2.22. The summed E-state index contributed by atoms with van der Waals surface area (Å²) in [5, 5.41) is 0. The van der Waals surface area contributed by atoms with Crippen molar-refractivity contribution in [3.8, 4) is 5.75 Å². The zero-order chi connectivity index (χ0) is 18.2. The third-order valence-electron chi connectivity index (χ3n) is 4.61. The first-order chi connectivity index (χ1) is 12.0. The smallest absolute Gasteiger partial charge is 0.227 e. The first kappa shape index (κ1) is 19.4. The van der Waals surface area contributed by atoms with Crippen molar-refractivity contribution in [1.29, 1.82) is 0 Å². The van der Waals surface area contributed by atoms with Crippen molar-refractivity contribution >= 4 is 11.7 Å². The molecule has 0 spiro atoms. The number of likely N-dealkylation sites (tertiary alicyclic amines) is 1. The van der Waals surface area contributed by atoms with Gasteiger partial charge < -0.3 is 14.4 Å². The number of hydrogen-bond donors (Lipinski definition) is 0. The molecule has 0 radical (unpaired) electrons. The Hall–Kier alpha value is -1.88. The maximum atomic E-state index is 12.7. The van der Waals surface area contributed by atoms with Crippen LogP contribution in [-0.2, 0) is 16.0 Å². The van der Waals surface area contributed by atoms with Crippen LogP contribution in [0.15, 0.2) is 18.2 Å². The van der Waals surface area contributed by atoms with Crippen molar-refractivity contribution in [2.45, 2.75) is 52.1 Å². The van der Waals surface area contributed by atoms with E-state index < -0.39 is 0 Å². The van der Waals surface area contributed by atoms with Crippen LogP contribution in [0.4, 0.5) is 0 Å². The number of rotatable bonds is 7. The summed E-state index contributed by atoms with van der Waals surface area (Å²) < 4.78 is 11.2. The van der Waals surface area contributed by atoms with Gasteiger partial charge >= 0.3 is 0 Å². The van der Waals surface area contributed by atoms with Crippen LogP contribution >= 0.6 is 0 Å². The number of methoxy groups -OCH3 is 1. The first-order valence-electron chi connectivity index (χ1n) is 9.12. The summed E-state index contributed by atoms with van der Waals surface area (Å²) in [5.74, 6) is 0.717. The molecule has 1 atom stereocenters. The molecule has 0 bridgehead atoms. The second kappa shape index (κ2) is 9.56. The molecule has 1 aliphatic heterocycles. The van der Waals surface area contributed by atoms with Crippen molar-refractivity contribution in [2.75, 3.05) is 26.8 Å². The van der Waals surface area contributed by atoms with Crippen molar-refractivity contribution in [2.24, 2.45) is 0 Å². The lowest BCUT2D eigenvalue weighted by molar-refractivity contribution is -0.130. The van der Waals surface area contributed by atoms with Gasteiger partial charge in [-0.15, -0.1) is 0 Å². The Balaban J connectivity index is 2.01. The molecule has 1 fully saturated rings. The average Bonchev–Trinajstić information content (AvgIpc) is 2.85. The van der Waals surface area contributed by atoms with Gasteiger partial charge in [0, 0.05) is 30.8 Å². The zero-order valence-electron chi connectivity index (χ0n) is 15.5. The predicted octanol–water partition coefficient (Wildman–Crippen LogP) is 3.25. The van der Waals surface area contributed by atoms with Crippen LogP contribution in [0.5, 0.6) is 5.75 Å². The third kappa shape index (κ3) is 5.56. The van der Waals surface area contributed by atoms with Crippen LogP contribution in [0.1, 0.15) is 55.5 Å². The molecule has 0 aliphatic carbocycles. The van der Waals surface area contributed by atoms with Gasteiger partial charge in [-0.3, -0.25) is 9.59 Å². The Morgan fingerprint density at radius 3 is 2.72 bits per heavy atom. The summed E-state index contributed by atoms with van der Waals surface area (Å²) >= 11 is 0. The van der Waals surface area contributed by atoms with Crippen LogP contribution in [-0.4, -0.2) is 49.5 Å². The molecule has 1 aromatic carbocycles. The molecule has 5 heteroatoms. The van der Waals surface area contributed by atoms with Crippen LogP contribution in [0, 0.1) is 0 Å². The van der Waals surface area contributed by atoms with Gasteiger partial charge in [-0.05, 0) is 50.8 Å². The van der Waals surface area contributed by atoms with E-state index in [1.54, 1.807) is 25.3 Å². The van der Waals surface area contributed by atoms with Gasteiger partial charge in [-0.25, -0.2) is 0 Å². The number of ketones is 1. The lowest BCUT2D eigenvalue weighted by Gasteiger charge is -2.21. The van der Waals surface area contributed by atoms with Crippen molar-refractivity contribution < 1.29 is 19.1 Å². The van der Waals surface area contributed by atoms with E-state index in [4.69, 9.17) is 9.47 Å². The fourth-order valence-electron chi connectivity index (χ4n) is 3.18. The van der Waals surface area contributed by atoms with E-state index >= 15 is 0 Å². The number of ether oxygens (including phenoxy) is 2. The highest BCUT2D eigenvalue weighted by Gasteiger charge is 2.22. The molecule has 1 amide bonds. The molecule has 25 heavy (non-hydrogen) atoms. The number of amides is 1. The SMILES string of the molecule is CCCO[C@H]1CCCN(C(=O)Cc2cc(C(C)=O)ccc2OC)CC1. The van der Waals surface area contributed by atoms with Gasteiger partial charge in [0.15, 0.2) is 5.78 Å². The Bertz CT molecular complexity index is 599. The molecule has 1 aromatic rings. The summed E-state index contributed by atoms with van der Waals surface area (Å²) in [6.07, 6.45) is 4.39. The number of nitrogens with zero attached hydrogens (tertiary/aromatic N) is 1. The van der Waals surface area contributed by atoms with E-state index in [1.807, 2.05) is 4.90 Å². The summed E-state index contributed by atoms with van der Waals surface area (Å²) in [6.45, 7) is 5.91. The van der Waals surface area contributed by atoms with Gasteiger partial charge in [0.25, 0.3) is 0 Å². The molecule has 138 valence electrons. The van der Waals surface area contributed by atoms with Crippen LogP contribution < -0.4 is 4.74 Å². The average molecular weight is 347 g/mol. The van der Waals surface area contributed by atoms with E-state index in [9.17, 15) is 9.59 Å². The Morgan fingerprint density at radius 1 is 1.24 bits per heavy atom. The molecule has 0 unspecified atom stereocenters. The van der Waals surface area contributed by atoms with Crippen molar-refractivity contribution in [3.63, 3.8) is 0 Å². The first-order valence-corrected chi connectivity index (χ1v) is 9.12. The van der Waals surface area contributed by atoms with Gasteiger partial charge in [0.1, 0.15) is 5.75 Å². The van der Waals surface area contributed by atoms with Crippen molar-refractivity contribution in [3.05, 3.63) is 29.3 Å². The molecule has 2 rings (SSSR count). The summed E-state index contributed by atoms with van der Waals surface area (Å²) in [5.41, 5.74) is 1.37. The van der Waals surface area contributed by atoms with Gasteiger partial charge in [0.2, 0.25) is 5.91 Å². The molecule has 0 N–H and O–H groups in total. The lowest BCUT2D eigenvalue weighted by atomic mass is 10.0. The Labute approximate surface area is 150 Å². The van der Waals surface area contributed by atoms with E-state index in [0.717, 1.165) is 50.9 Å². The molecule has 5 nitrogen and oxygen atoms in total. The largest absolute Gasteiger partial charge is 0.496 e. The zero-order valence-corrected chi connectivity index (χ0v) is 15.5. The van der Waals surface area contributed by atoms with E-state index in [2.05, 4.69) is 6.92 Å². The molecule has 0 saturated carbocycles. The Kier molecular flexibility index (Phi) is 7.44. The van der Waals surface area contributed by atoms with Crippen LogP contribution in [0.2, 0.25) is 0 Å². The molecule has 1 heterocycles. The highest BCUT2D eigenvalue weighted by atomic mass is 16.5. The summed E-state index contributed by atoms with van der Waals surface area (Å²) in [6, 6.07) is 5.26. The molecule has 0 aromatic heterocycles. The molecule has 1 saturated heterocycles. The van der Waals surface area contributed by atoms with Gasteiger partial charge in [0.05, 0.1) is 19.6 Å². The quantitative estimate of drug-likeness (QED) is 0.711. The Morgan fingerprint density at radius 2 is 2.04 bits per heavy atom. The minimum Gasteiger partial charge on any atom is -0.496 e. The van der Waals surface area contributed by atoms with E-state index in [-0.39, 0.29) is 24.2 Å². The number of carbonyl (C=O) groups is 2. The number of Topliss-reactive ketones (excluding diaryl/α,β-unsaturated/α-hetero) is 1. The fourth-order valence-corrected chi connectivity index (χ4v) is 3.18. The number of benzene rings is 1. The van der Waals surface area contributed by atoms with Crippen LogP contribution in [0.3, 0.4) is 0 Å². The van der Waals surface area contributed by atoms with Gasteiger partial charge in [-0.2, -0.15) is 0 Å². The second-order valence-electron chi connectivity index (χ2n) is 6.56. The normalized spacial score (nSPS) is 17.9. The standard InChI is InChI=1S/C20H29NO4/c1-4-12-25-18-6-5-10-21(11-9-18)20(23)14-17-13-16(15(2)22)7-8-19(17)24-3/h7-8,13,18H,4-6,9-12,14H2,1-3H3/t18-/m0/s1. The minimum atomic E-state index is -0.0120. The molecule has 1 aliphatic rings. The van der Waals surface area contributed by atoms with E-state index in [1.165, 1.54) is 6.92 Å². The number of carbonyl (C=O) groups excluding carboxylic acids is 2. The topological polar surface area (TPSA) is 55.8 Å². The maximum absolute atomic E-state index is 12.7. The second-order valence-corrected chi connectivity index (χ2v) is 6.56. The van der Waals surface area contributed by atoms with E-state index in [0.29, 0.717) is 11.3 Å². The summed E-state index contributed by atoms with van der Waals surface area (Å²) in [4.78, 5) is 26.2. The van der Waals surface area contributed by atoms with Crippen molar-refractivity contribution in [1.82, 2.24) is 4.90 Å². The highest BCUT2D eigenvalue weighted by molar-refractivity contribution is 5.94. The predicted molar refractivity (Wildman–Crippen MR) is 97.2 cm³/mol. The maximum Gasteiger partial charge on any atom is 0.227 e.